The number of aromatic nitrogens is 2. The SMILES string of the molecule is Cc1cc2c3c(c1)c1cc(C)c(Oc4[c-]c(C5=N[C@H](C(C)(C)C)CO5)c(C)cc4C)[c-]c1n3-c1ncccc1C2(C)C.[Pt+2]. The van der Waals surface area contributed by atoms with Gasteiger partial charge in [0.2, 0.25) is 0 Å². The predicted octanol–water partition coefficient (Wildman–Crippen LogP) is 8.63. The second-order valence-electron chi connectivity index (χ2n) is 13.7. The van der Waals surface area contributed by atoms with Crippen LogP contribution in [0.25, 0.3) is 27.6 Å². The number of aliphatic imine (C=N–C) groups is 1. The van der Waals surface area contributed by atoms with E-state index in [4.69, 9.17) is 19.5 Å². The van der Waals surface area contributed by atoms with Crippen molar-refractivity contribution in [2.45, 2.75) is 73.8 Å². The molecule has 5 nitrogen and oxygen atoms in total. The van der Waals surface area contributed by atoms with Gasteiger partial charge < -0.3 is 14.0 Å². The molecule has 0 amide bonds. The fraction of sp³-hybridized carbons (Fsp3) is 0.351. The quantitative estimate of drug-likeness (QED) is 0.174. The number of ether oxygens (including phenoxy) is 2. The van der Waals surface area contributed by atoms with E-state index in [1.165, 1.54) is 27.6 Å². The van der Waals surface area contributed by atoms with Crippen molar-refractivity contribution in [3.05, 3.63) is 93.7 Å². The van der Waals surface area contributed by atoms with Crippen LogP contribution in [0.1, 0.15) is 73.6 Å². The fourth-order valence-electron chi connectivity index (χ4n) is 6.50. The number of fused-ring (bicyclic) bond motifs is 5. The van der Waals surface area contributed by atoms with Crippen LogP contribution in [0.4, 0.5) is 0 Å². The third-order valence-electron chi connectivity index (χ3n) is 9.04. The summed E-state index contributed by atoms with van der Waals surface area (Å²) in [6, 6.07) is 20.5. The largest absolute Gasteiger partial charge is 2.00 e. The molecule has 43 heavy (non-hydrogen) atoms. The van der Waals surface area contributed by atoms with Crippen molar-refractivity contribution in [1.29, 1.82) is 0 Å². The Kier molecular flexibility index (Phi) is 6.93. The molecule has 0 spiro atoms. The Morgan fingerprint density at radius 3 is 2.37 bits per heavy atom. The second-order valence-corrected chi connectivity index (χ2v) is 13.7. The van der Waals surface area contributed by atoms with Gasteiger partial charge in [0.25, 0.3) is 0 Å². The molecular weight excluding hydrogens is 714 g/mol. The third-order valence-corrected chi connectivity index (χ3v) is 9.04. The van der Waals surface area contributed by atoms with E-state index in [-0.39, 0.29) is 37.9 Å². The van der Waals surface area contributed by atoms with Crippen LogP contribution < -0.4 is 4.74 Å². The van der Waals surface area contributed by atoms with Crippen LogP contribution in [0.15, 0.2) is 47.6 Å². The van der Waals surface area contributed by atoms with Crippen molar-refractivity contribution >= 4 is 27.7 Å². The van der Waals surface area contributed by atoms with Gasteiger partial charge in [-0.3, -0.25) is 4.99 Å². The van der Waals surface area contributed by atoms with E-state index in [1.54, 1.807) is 0 Å². The van der Waals surface area contributed by atoms with E-state index >= 15 is 0 Å². The summed E-state index contributed by atoms with van der Waals surface area (Å²) in [4.78, 5) is 9.81. The molecule has 2 aliphatic rings. The number of benzene rings is 3. The van der Waals surface area contributed by atoms with Crippen molar-refractivity contribution in [2.24, 2.45) is 10.4 Å². The van der Waals surface area contributed by atoms with E-state index < -0.39 is 0 Å². The number of hydrogen-bond acceptors (Lipinski definition) is 4. The summed E-state index contributed by atoms with van der Waals surface area (Å²) < 4.78 is 15.0. The number of hydrogen-bond donors (Lipinski definition) is 0. The van der Waals surface area contributed by atoms with Crippen LogP contribution >= 0.6 is 0 Å². The Bertz CT molecular complexity index is 1980. The molecule has 5 aromatic rings. The van der Waals surface area contributed by atoms with Crippen molar-refractivity contribution in [3.8, 4) is 17.3 Å². The van der Waals surface area contributed by atoms with Crippen LogP contribution in [-0.4, -0.2) is 28.1 Å². The van der Waals surface area contributed by atoms with Gasteiger partial charge in [-0.05, 0) is 29.4 Å². The molecule has 0 unspecified atom stereocenters. The number of rotatable bonds is 3. The van der Waals surface area contributed by atoms with E-state index in [0.29, 0.717) is 24.0 Å². The molecule has 0 bridgehead atoms. The first-order chi connectivity index (χ1) is 19.8. The number of pyridine rings is 1. The van der Waals surface area contributed by atoms with Crippen LogP contribution in [-0.2, 0) is 31.2 Å². The molecule has 0 aliphatic carbocycles. The average molecular weight is 751 g/mol. The monoisotopic (exact) mass is 750 g/mol. The molecular formula is C37H37N3O2Pt. The molecule has 0 N–H and O–H groups in total. The zero-order valence-corrected chi connectivity index (χ0v) is 28.6. The zero-order chi connectivity index (χ0) is 29.7. The summed E-state index contributed by atoms with van der Waals surface area (Å²) in [5, 5.41) is 2.38. The maximum atomic E-state index is 6.64. The Hall–Kier alpha value is -3.43. The molecule has 0 radical (unpaired) electrons. The van der Waals surface area contributed by atoms with E-state index in [2.05, 4.69) is 109 Å². The normalized spacial score (nSPS) is 17.0. The molecule has 4 heterocycles. The third kappa shape index (κ3) is 4.54. The summed E-state index contributed by atoms with van der Waals surface area (Å²) >= 11 is 0. The first-order valence-electron chi connectivity index (χ1n) is 14.7. The van der Waals surface area contributed by atoms with Gasteiger partial charge in [-0.2, -0.15) is 6.07 Å². The molecule has 2 aromatic heterocycles. The van der Waals surface area contributed by atoms with Crippen molar-refractivity contribution < 1.29 is 30.5 Å². The van der Waals surface area contributed by atoms with Gasteiger partial charge in [0, 0.05) is 34.2 Å². The molecule has 0 saturated heterocycles. The Morgan fingerprint density at radius 1 is 0.930 bits per heavy atom. The molecule has 2 aliphatic heterocycles. The van der Waals surface area contributed by atoms with Gasteiger partial charge in [-0.25, -0.2) is 4.98 Å². The topological polar surface area (TPSA) is 48.6 Å². The maximum absolute atomic E-state index is 6.64. The zero-order valence-electron chi connectivity index (χ0n) is 26.3. The van der Waals surface area contributed by atoms with Crippen LogP contribution in [0.5, 0.6) is 11.5 Å². The summed E-state index contributed by atoms with van der Waals surface area (Å²) in [6.07, 6.45) is 1.88. The average Bonchev–Trinajstić information content (AvgIpc) is 3.53. The van der Waals surface area contributed by atoms with Gasteiger partial charge in [-0.1, -0.05) is 102 Å². The molecule has 3 aromatic carbocycles. The van der Waals surface area contributed by atoms with Crippen LogP contribution in [0.3, 0.4) is 0 Å². The second kappa shape index (κ2) is 10.1. The van der Waals surface area contributed by atoms with E-state index in [0.717, 1.165) is 39.0 Å². The van der Waals surface area contributed by atoms with E-state index in [9.17, 15) is 0 Å². The molecule has 222 valence electrons. The van der Waals surface area contributed by atoms with Gasteiger partial charge >= 0.3 is 21.1 Å². The first-order valence-corrected chi connectivity index (χ1v) is 14.7. The Morgan fingerprint density at radius 2 is 1.65 bits per heavy atom. The van der Waals surface area contributed by atoms with Gasteiger partial charge in [0.05, 0.1) is 12.6 Å². The Balaban J connectivity index is 0.00000329. The number of aryl methyl sites for hydroxylation is 4. The summed E-state index contributed by atoms with van der Waals surface area (Å²) in [6.45, 7) is 20.1. The smallest absolute Gasteiger partial charge is 0.518 e. The fourth-order valence-corrected chi connectivity index (χ4v) is 6.50. The summed E-state index contributed by atoms with van der Waals surface area (Å²) in [5.74, 6) is 2.93. The standard InChI is InChI=1S/C37H37N3O2.Pt/c1-20-13-26-25-16-23(4)31(18-29(25)40-33(26)28(14-20)37(8,9)27-11-10-12-38-34(27)40)42-30-17-24(21(2)15-22(30)3)35-39-32(19-41-35)36(5,6)7;/h10-16,32H,19H2,1-9H3;/q-2;+2/t32-;/m0./s1. The summed E-state index contributed by atoms with van der Waals surface area (Å²) in [7, 11) is 0. The van der Waals surface area contributed by atoms with Crippen molar-refractivity contribution in [3.63, 3.8) is 0 Å². The molecule has 1 atom stereocenters. The van der Waals surface area contributed by atoms with E-state index in [1.807, 2.05) is 12.3 Å². The van der Waals surface area contributed by atoms with Crippen LogP contribution in [0, 0.1) is 45.2 Å². The predicted molar refractivity (Wildman–Crippen MR) is 170 cm³/mol. The van der Waals surface area contributed by atoms with Crippen molar-refractivity contribution in [2.75, 3.05) is 6.61 Å². The number of nitrogens with zero attached hydrogens (tertiary/aromatic N) is 3. The van der Waals surface area contributed by atoms with Crippen molar-refractivity contribution in [1.82, 2.24) is 9.55 Å². The first kappa shape index (κ1) is 29.6. The summed E-state index contributed by atoms with van der Waals surface area (Å²) in [5.41, 5.74) is 9.72. The minimum Gasteiger partial charge on any atom is -0.518 e. The minimum absolute atomic E-state index is 0. The minimum atomic E-state index is -0.173. The van der Waals surface area contributed by atoms with Crippen LogP contribution in [0.2, 0.25) is 0 Å². The van der Waals surface area contributed by atoms with Gasteiger partial charge in [-0.15, -0.1) is 28.6 Å². The molecule has 0 fully saturated rings. The molecule has 7 rings (SSSR count). The van der Waals surface area contributed by atoms with Gasteiger partial charge in [0.1, 0.15) is 11.7 Å². The Labute approximate surface area is 268 Å². The maximum Gasteiger partial charge on any atom is 2.00 e. The molecule has 6 heteroatoms. The van der Waals surface area contributed by atoms with Gasteiger partial charge in [0.15, 0.2) is 0 Å². The molecule has 0 saturated carbocycles.